The summed E-state index contributed by atoms with van der Waals surface area (Å²) in [7, 11) is 0. The Morgan fingerprint density at radius 1 is 0.641 bits per heavy atom. The van der Waals surface area contributed by atoms with E-state index in [1.54, 1.807) is 72.8 Å². The van der Waals surface area contributed by atoms with E-state index >= 15 is 13.2 Å². The van der Waals surface area contributed by atoms with E-state index in [2.05, 4.69) is 23.8 Å². The Hall–Kier alpha value is -6.53. The van der Waals surface area contributed by atoms with E-state index < -0.39 is 29.2 Å². The molecule has 0 spiro atoms. The SMILES string of the molecule is CCCCCCCCCCOC(=O)c1ccc(-c2[nH]c3ccccc3c2Oc2ccc(C(c3cc4ccccc4[nH]3)C(O)(c3cc(Cl)cc4cc5ccccc5nc34)C(F)(F)F)c(Cl)c2)c(OCCCCCCCCCC)c1. The van der Waals surface area contributed by atoms with Crippen LogP contribution in [0, 0.1) is 0 Å². The fourth-order valence-electron chi connectivity index (χ4n) is 10.7. The molecule has 0 saturated carbocycles. The number of halogens is 5. The quantitative estimate of drug-likeness (QED) is 0.0269. The number of aromatic nitrogens is 3. The first-order chi connectivity index (χ1) is 37.9. The number of nitrogens with zero attached hydrogens (tertiary/aromatic N) is 1. The van der Waals surface area contributed by atoms with Gasteiger partial charge >= 0.3 is 12.1 Å². The Kier molecular flexibility index (Phi) is 18.7. The molecule has 0 amide bonds. The lowest BCUT2D eigenvalue weighted by molar-refractivity contribution is -0.272. The highest BCUT2D eigenvalue weighted by Gasteiger charge is 2.62. The van der Waals surface area contributed by atoms with E-state index in [-0.39, 0.29) is 32.6 Å². The third kappa shape index (κ3) is 12.8. The van der Waals surface area contributed by atoms with Crippen LogP contribution < -0.4 is 9.47 Å². The lowest BCUT2D eigenvalue weighted by Gasteiger charge is -2.39. The summed E-state index contributed by atoms with van der Waals surface area (Å²) < 4.78 is 68.5. The van der Waals surface area contributed by atoms with Crippen molar-refractivity contribution in [3.63, 3.8) is 0 Å². The van der Waals surface area contributed by atoms with Gasteiger partial charge in [-0.1, -0.05) is 182 Å². The number of rotatable bonds is 27. The molecular weight excluding hydrogens is 1030 g/mol. The van der Waals surface area contributed by atoms with Gasteiger partial charge in [0, 0.05) is 54.1 Å². The topological polar surface area (TPSA) is 109 Å². The summed E-state index contributed by atoms with van der Waals surface area (Å²) in [6.07, 6.45) is 12.8. The fourth-order valence-corrected chi connectivity index (χ4v) is 11.2. The minimum Gasteiger partial charge on any atom is -0.493 e. The molecule has 9 aromatic rings. The van der Waals surface area contributed by atoms with Gasteiger partial charge in [-0.05, 0) is 103 Å². The van der Waals surface area contributed by atoms with Gasteiger partial charge in [0.25, 0.3) is 0 Å². The molecule has 2 atom stereocenters. The largest absolute Gasteiger partial charge is 0.493 e. The van der Waals surface area contributed by atoms with Crippen LogP contribution in [0.3, 0.4) is 0 Å². The first kappa shape index (κ1) is 56.2. The number of esters is 1. The lowest BCUT2D eigenvalue weighted by Crippen LogP contribution is -2.48. The van der Waals surface area contributed by atoms with Crippen molar-refractivity contribution >= 4 is 72.8 Å². The summed E-state index contributed by atoms with van der Waals surface area (Å²) in [5, 5.41) is 15.2. The van der Waals surface area contributed by atoms with Crippen molar-refractivity contribution in [2.45, 2.75) is 134 Å². The highest BCUT2D eigenvalue weighted by atomic mass is 35.5. The first-order valence-corrected chi connectivity index (χ1v) is 28.5. The highest BCUT2D eigenvalue weighted by molar-refractivity contribution is 6.32. The fraction of sp³-hybridized carbons (Fsp3) is 0.354. The second kappa shape index (κ2) is 26.0. The van der Waals surface area contributed by atoms with Crippen molar-refractivity contribution in [2.24, 2.45) is 0 Å². The second-order valence-electron chi connectivity index (χ2n) is 20.5. The Labute approximate surface area is 464 Å². The molecule has 0 bridgehead atoms. The zero-order valence-corrected chi connectivity index (χ0v) is 45.9. The van der Waals surface area contributed by atoms with Crippen LogP contribution in [0.4, 0.5) is 13.2 Å². The Morgan fingerprint density at radius 3 is 1.97 bits per heavy atom. The molecule has 408 valence electrons. The number of pyridine rings is 1. The summed E-state index contributed by atoms with van der Waals surface area (Å²) in [4.78, 5) is 25.0. The van der Waals surface area contributed by atoms with Gasteiger partial charge in [0.1, 0.15) is 11.5 Å². The third-order valence-electron chi connectivity index (χ3n) is 14.8. The smallest absolute Gasteiger partial charge is 0.422 e. The number of benzene rings is 6. The van der Waals surface area contributed by atoms with Crippen LogP contribution in [-0.2, 0) is 10.3 Å². The number of unbranched alkanes of at least 4 members (excludes halogenated alkanes) is 14. The minimum absolute atomic E-state index is 0.0117. The standard InChI is InChI=1S/C65H68Cl2F3N3O5/c1-3-5-7-9-11-13-15-23-35-76-58-40-45(63(74)77-36-24-16-14-12-10-8-6-4-2)31-33-51(58)61-62(50-27-19-22-30-56(50)73-61)78-48-32-34-49(53(67)42-48)59(57-39-44-26-18-20-28-54(44)71-57)64(75,65(68,69)70)52-41-47(66)38-46-37-43-25-17-21-29-55(43)72-60(46)52/h17-22,25-34,37-42,59,71,73,75H,3-16,23-24,35-36H2,1-2H3. The van der Waals surface area contributed by atoms with Crippen LogP contribution in [0.25, 0.3) is 54.9 Å². The van der Waals surface area contributed by atoms with Crippen LogP contribution in [0.2, 0.25) is 10.0 Å². The van der Waals surface area contributed by atoms with Crippen molar-refractivity contribution in [3.8, 4) is 28.5 Å². The normalized spacial score (nSPS) is 13.1. The molecule has 3 heterocycles. The average Bonchev–Trinajstić information content (AvgIpc) is 4.08. The average molecular weight is 1100 g/mol. The van der Waals surface area contributed by atoms with Crippen molar-refractivity contribution in [1.29, 1.82) is 0 Å². The maximum Gasteiger partial charge on any atom is 0.422 e. The first-order valence-electron chi connectivity index (χ1n) is 27.8. The number of aliphatic hydroxyl groups is 1. The molecule has 0 aliphatic heterocycles. The van der Waals surface area contributed by atoms with Crippen molar-refractivity contribution in [1.82, 2.24) is 15.0 Å². The zero-order valence-electron chi connectivity index (χ0n) is 44.4. The minimum atomic E-state index is -5.31. The van der Waals surface area contributed by atoms with Gasteiger partial charge in [-0.15, -0.1) is 0 Å². The van der Waals surface area contributed by atoms with Gasteiger partial charge in [0.2, 0.25) is 0 Å². The number of hydrogen-bond donors (Lipinski definition) is 3. The van der Waals surface area contributed by atoms with Gasteiger partial charge < -0.3 is 29.3 Å². The van der Waals surface area contributed by atoms with E-state index in [9.17, 15) is 9.90 Å². The highest BCUT2D eigenvalue weighted by Crippen LogP contribution is 2.55. The number of carbonyl (C=O) groups is 1. The van der Waals surface area contributed by atoms with Crippen molar-refractivity contribution in [2.75, 3.05) is 13.2 Å². The summed E-state index contributed by atoms with van der Waals surface area (Å²) in [5.41, 5.74) is -0.924. The van der Waals surface area contributed by atoms with Gasteiger partial charge in [-0.25, -0.2) is 9.78 Å². The number of nitrogens with one attached hydrogen (secondary N) is 2. The molecule has 3 N–H and O–H groups in total. The predicted molar refractivity (Wildman–Crippen MR) is 311 cm³/mol. The van der Waals surface area contributed by atoms with Crippen molar-refractivity contribution < 1.29 is 37.3 Å². The maximum absolute atomic E-state index is 16.4. The number of para-hydroxylation sites is 3. The van der Waals surface area contributed by atoms with Gasteiger partial charge in [-0.3, -0.25) is 0 Å². The van der Waals surface area contributed by atoms with Crippen LogP contribution in [0.1, 0.15) is 150 Å². The Balaban J connectivity index is 1.07. The molecule has 0 saturated heterocycles. The lowest BCUT2D eigenvalue weighted by atomic mass is 9.74. The summed E-state index contributed by atoms with van der Waals surface area (Å²) in [5.74, 6) is -1.23. The molecule has 0 aliphatic carbocycles. The Bertz CT molecular complexity index is 3450. The molecule has 3 aromatic heterocycles. The van der Waals surface area contributed by atoms with Gasteiger partial charge in [0.05, 0.1) is 41.4 Å². The van der Waals surface area contributed by atoms with E-state index in [0.29, 0.717) is 74.1 Å². The zero-order chi connectivity index (χ0) is 54.7. The van der Waals surface area contributed by atoms with E-state index in [0.717, 1.165) is 50.1 Å². The second-order valence-corrected chi connectivity index (χ2v) is 21.4. The molecule has 13 heteroatoms. The van der Waals surface area contributed by atoms with E-state index in [1.165, 1.54) is 76.3 Å². The van der Waals surface area contributed by atoms with E-state index in [4.69, 9.17) is 42.4 Å². The summed E-state index contributed by atoms with van der Waals surface area (Å²) >= 11 is 13.9. The number of ether oxygens (including phenoxy) is 3. The number of carbonyl (C=O) groups excluding carboxylic acids is 1. The molecule has 0 fully saturated rings. The molecule has 78 heavy (non-hydrogen) atoms. The number of fused-ring (bicyclic) bond motifs is 4. The summed E-state index contributed by atoms with van der Waals surface area (Å²) in [6.45, 7) is 5.18. The van der Waals surface area contributed by atoms with Crippen LogP contribution in [-0.4, -0.2) is 45.4 Å². The monoisotopic (exact) mass is 1100 g/mol. The van der Waals surface area contributed by atoms with E-state index in [1.807, 2.05) is 42.5 Å². The van der Waals surface area contributed by atoms with Crippen LogP contribution in [0.15, 0.2) is 133 Å². The number of hydrogen-bond acceptors (Lipinski definition) is 6. The molecule has 2 unspecified atom stereocenters. The molecular formula is C65H68Cl2F3N3O5. The van der Waals surface area contributed by atoms with Gasteiger partial charge in [0.15, 0.2) is 11.4 Å². The Morgan fingerprint density at radius 2 is 1.28 bits per heavy atom. The molecule has 9 rings (SSSR count). The maximum atomic E-state index is 16.4. The van der Waals surface area contributed by atoms with Crippen molar-refractivity contribution in [3.05, 3.63) is 166 Å². The van der Waals surface area contributed by atoms with Gasteiger partial charge in [-0.2, -0.15) is 13.2 Å². The number of alkyl halides is 3. The molecule has 0 radical (unpaired) electrons. The number of aromatic amines is 2. The van der Waals surface area contributed by atoms with Crippen LogP contribution >= 0.6 is 23.2 Å². The summed E-state index contributed by atoms with van der Waals surface area (Å²) in [6, 6.07) is 37.5. The molecule has 6 aromatic carbocycles. The third-order valence-corrected chi connectivity index (χ3v) is 15.4. The molecule has 0 aliphatic rings. The molecule has 8 nitrogen and oxygen atoms in total. The predicted octanol–water partition coefficient (Wildman–Crippen LogP) is 19.5. The van der Waals surface area contributed by atoms with Crippen LogP contribution in [0.5, 0.6) is 17.2 Å². The number of H-pyrrole nitrogens is 2.